The second kappa shape index (κ2) is 3.90. The highest BCUT2D eigenvalue weighted by atomic mass is 15.3. The zero-order valence-electron chi connectivity index (χ0n) is 8.85. The van der Waals surface area contributed by atoms with E-state index in [9.17, 15) is 0 Å². The maximum absolute atomic E-state index is 5.63. The number of rotatable bonds is 1. The molecular weight excluding hydrogens is 192 g/mol. The van der Waals surface area contributed by atoms with Crippen molar-refractivity contribution in [3.05, 3.63) is 6.07 Å². The van der Waals surface area contributed by atoms with Crippen LogP contribution in [0.4, 0.5) is 17.6 Å². The van der Waals surface area contributed by atoms with Gasteiger partial charge in [-0.1, -0.05) is 0 Å². The van der Waals surface area contributed by atoms with Crippen LogP contribution in [0.2, 0.25) is 0 Å². The van der Waals surface area contributed by atoms with E-state index >= 15 is 0 Å². The molecule has 6 heteroatoms. The van der Waals surface area contributed by atoms with Crippen LogP contribution in [0.3, 0.4) is 0 Å². The molecule has 2 heterocycles. The molecule has 2 rings (SSSR count). The van der Waals surface area contributed by atoms with Crippen molar-refractivity contribution >= 4 is 17.6 Å². The van der Waals surface area contributed by atoms with Crippen LogP contribution < -0.4 is 16.4 Å². The number of piperazine rings is 1. The Hall–Kier alpha value is -1.56. The van der Waals surface area contributed by atoms with E-state index in [1.165, 1.54) is 0 Å². The van der Waals surface area contributed by atoms with Gasteiger partial charge < -0.3 is 21.3 Å². The lowest BCUT2D eigenvalue weighted by Crippen LogP contribution is -2.44. The third-order valence-electron chi connectivity index (χ3n) is 2.58. The first-order valence-electron chi connectivity index (χ1n) is 4.98. The van der Waals surface area contributed by atoms with Gasteiger partial charge in [0, 0.05) is 32.2 Å². The van der Waals surface area contributed by atoms with Gasteiger partial charge in [-0.15, -0.1) is 0 Å². The van der Waals surface area contributed by atoms with Gasteiger partial charge in [0.1, 0.15) is 11.6 Å². The molecule has 0 atom stereocenters. The SMILES string of the molecule is CN1CCN(c2cc(N)nc(N)n2)CC1. The molecule has 6 nitrogen and oxygen atoms in total. The van der Waals surface area contributed by atoms with Crippen molar-refractivity contribution < 1.29 is 0 Å². The maximum Gasteiger partial charge on any atom is 0.223 e. The van der Waals surface area contributed by atoms with Crippen molar-refractivity contribution in [3.8, 4) is 0 Å². The molecule has 0 radical (unpaired) electrons. The van der Waals surface area contributed by atoms with Gasteiger partial charge in [-0.3, -0.25) is 0 Å². The summed E-state index contributed by atoms with van der Waals surface area (Å²) in [6.07, 6.45) is 0. The summed E-state index contributed by atoms with van der Waals surface area (Å²) in [4.78, 5) is 12.5. The molecule has 82 valence electrons. The zero-order chi connectivity index (χ0) is 10.8. The smallest absolute Gasteiger partial charge is 0.223 e. The molecule has 1 saturated heterocycles. The Labute approximate surface area is 88.9 Å². The first-order chi connectivity index (χ1) is 7.15. The van der Waals surface area contributed by atoms with E-state index in [-0.39, 0.29) is 5.95 Å². The number of anilines is 3. The molecule has 0 bridgehead atoms. The molecule has 0 aromatic carbocycles. The van der Waals surface area contributed by atoms with Gasteiger partial charge in [0.05, 0.1) is 0 Å². The Morgan fingerprint density at radius 2 is 1.80 bits per heavy atom. The highest BCUT2D eigenvalue weighted by Gasteiger charge is 2.15. The number of nitrogens with two attached hydrogens (primary N) is 2. The highest BCUT2D eigenvalue weighted by molar-refractivity contribution is 5.50. The minimum atomic E-state index is 0.240. The highest BCUT2D eigenvalue weighted by Crippen LogP contribution is 2.16. The molecule has 1 aliphatic heterocycles. The summed E-state index contributed by atoms with van der Waals surface area (Å²) >= 11 is 0. The van der Waals surface area contributed by atoms with Crippen molar-refractivity contribution in [2.24, 2.45) is 0 Å². The molecule has 1 aromatic heterocycles. The number of nitrogens with zero attached hydrogens (tertiary/aromatic N) is 4. The van der Waals surface area contributed by atoms with Gasteiger partial charge in [-0.25, -0.2) is 0 Å². The predicted octanol–water partition coefficient (Wildman–Crippen LogP) is -0.607. The average Bonchev–Trinajstić information content (AvgIpc) is 2.17. The van der Waals surface area contributed by atoms with E-state index in [1.54, 1.807) is 6.07 Å². The molecule has 1 aliphatic rings. The van der Waals surface area contributed by atoms with E-state index in [2.05, 4.69) is 26.8 Å². The van der Waals surface area contributed by atoms with E-state index in [0.717, 1.165) is 32.0 Å². The molecule has 0 amide bonds. The van der Waals surface area contributed by atoms with Gasteiger partial charge in [-0.2, -0.15) is 9.97 Å². The van der Waals surface area contributed by atoms with Crippen LogP contribution in [0, 0.1) is 0 Å². The van der Waals surface area contributed by atoms with Crippen LogP contribution in [-0.4, -0.2) is 48.1 Å². The maximum atomic E-state index is 5.63. The number of hydrogen-bond donors (Lipinski definition) is 2. The van der Waals surface area contributed by atoms with E-state index in [4.69, 9.17) is 11.5 Å². The minimum absolute atomic E-state index is 0.240. The first-order valence-corrected chi connectivity index (χ1v) is 4.98. The predicted molar refractivity (Wildman–Crippen MR) is 60.6 cm³/mol. The monoisotopic (exact) mass is 208 g/mol. The minimum Gasteiger partial charge on any atom is -0.383 e. The Morgan fingerprint density at radius 1 is 1.13 bits per heavy atom. The number of hydrogen-bond acceptors (Lipinski definition) is 6. The lowest BCUT2D eigenvalue weighted by atomic mass is 10.3. The summed E-state index contributed by atoms with van der Waals surface area (Å²) in [6, 6.07) is 1.77. The fraction of sp³-hybridized carbons (Fsp3) is 0.556. The van der Waals surface area contributed by atoms with Crippen LogP contribution in [0.15, 0.2) is 6.07 Å². The molecule has 0 aliphatic carbocycles. The molecule has 0 spiro atoms. The van der Waals surface area contributed by atoms with Crippen molar-refractivity contribution in [3.63, 3.8) is 0 Å². The third kappa shape index (κ3) is 2.27. The summed E-state index contributed by atoms with van der Waals surface area (Å²) in [5, 5.41) is 0. The van der Waals surface area contributed by atoms with Gasteiger partial charge in [0.2, 0.25) is 5.95 Å². The van der Waals surface area contributed by atoms with Gasteiger partial charge in [0.15, 0.2) is 0 Å². The quantitative estimate of drug-likeness (QED) is 0.640. The average molecular weight is 208 g/mol. The Bertz CT molecular complexity index is 324. The van der Waals surface area contributed by atoms with Crippen LogP contribution in [0.5, 0.6) is 0 Å². The fourth-order valence-electron chi connectivity index (χ4n) is 1.67. The third-order valence-corrected chi connectivity index (χ3v) is 2.58. The molecule has 1 fully saturated rings. The van der Waals surface area contributed by atoms with Crippen molar-refractivity contribution in [2.75, 3.05) is 49.6 Å². The van der Waals surface area contributed by atoms with Crippen molar-refractivity contribution in [1.29, 1.82) is 0 Å². The van der Waals surface area contributed by atoms with Crippen molar-refractivity contribution in [1.82, 2.24) is 14.9 Å². The lowest BCUT2D eigenvalue weighted by Gasteiger charge is -2.33. The summed E-state index contributed by atoms with van der Waals surface area (Å²) in [6.45, 7) is 3.96. The molecule has 15 heavy (non-hydrogen) atoms. The zero-order valence-corrected chi connectivity index (χ0v) is 8.85. The molecule has 1 aromatic rings. The molecular formula is C9H16N6. The first kappa shape index (κ1) is 9.97. The van der Waals surface area contributed by atoms with Crippen LogP contribution in [0.1, 0.15) is 0 Å². The largest absolute Gasteiger partial charge is 0.383 e. The summed E-state index contributed by atoms with van der Waals surface area (Å²) < 4.78 is 0. The molecule has 4 N–H and O–H groups in total. The Balaban J connectivity index is 2.15. The standard InChI is InChI=1S/C9H16N6/c1-14-2-4-15(5-3-14)8-6-7(10)12-9(11)13-8/h6H,2-5H2,1H3,(H4,10,11,12,13). The van der Waals surface area contributed by atoms with Crippen LogP contribution in [0.25, 0.3) is 0 Å². The van der Waals surface area contributed by atoms with Gasteiger partial charge in [0.25, 0.3) is 0 Å². The van der Waals surface area contributed by atoms with Gasteiger partial charge >= 0.3 is 0 Å². The lowest BCUT2D eigenvalue weighted by molar-refractivity contribution is 0.312. The number of aromatic nitrogens is 2. The fourth-order valence-corrected chi connectivity index (χ4v) is 1.67. The van der Waals surface area contributed by atoms with E-state index in [1.807, 2.05) is 0 Å². The van der Waals surface area contributed by atoms with E-state index in [0.29, 0.717) is 5.82 Å². The molecule has 0 unspecified atom stereocenters. The second-order valence-electron chi connectivity index (χ2n) is 3.80. The Morgan fingerprint density at radius 3 is 2.40 bits per heavy atom. The second-order valence-corrected chi connectivity index (χ2v) is 3.80. The number of nitrogen functional groups attached to an aromatic ring is 2. The summed E-state index contributed by atoms with van der Waals surface area (Å²) in [5.41, 5.74) is 11.2. The van der Waals surface area contributed by atoms with Crippen LogP contribution in [-0.2, 0) is 0 Å². The van der Waals surface area contributed by atoms with Gasteiger partial charge in [-0.05, 0) is 7.05 Å². The van der Waals surface area contributed by atoms with Crippen molar-refractivity contribution in [2.45, 2.75) is 0 Å². The van der Waals surface area contributed by atoms with Crippen LogP contribution >= 0.6 is 0 Å². The number of likely N-dealkylation sites (N-methyl/N-ethyl adjacent to an activating group) is 1. The summed E-state index contributed by atoms with van der Waals surface area (Å²) in [7, 11) is 2.11. The van der Waals surface area contributed by atoms with E-state index < -0.39 is 0 Å². The summed E-state index contributed by atoms with van der Waals surface area (Å²) in [5.74, 6) is 1.49. The Kier molecular flexibility index (Phi) is 2.59. The molecule has 0 saturated carbocycles. The topological polar surface area (TPSA) is 84.3 Å². The normalized spacial score (nSPS) is 18.1.